The van der Waals surface area contributed by atoms with E-state index in [1.807, 2.05) is 29.2 Å². The Morgan fingerprint density at radius 3 is 2.31 bits per heavy atom. The topological polar surface area (TPSA) is 58.8 Å². The number of likely N-dealkylation sites (tertiary alicyclic amines) is 2. The molecule has 0 bridgehead atoms. The van der Waals surface area contributed by atoms with Crippen LogP contribution >= 0.6 is 24.8 Å². The minimum Gasteiger partial charge on any atom is -0.457 e. The van der Waals surface area contributed by atoms with Gasteiger partial charge in [-0.1, -0.05) is 12.1 Å². The van der Waals surface area contributed by atoms with Gasteiger partial charge in [-0.2, -0.15) is 0 Å². The van der Waals surface area contributed by atoms with Crippen LogP contribution in [0.2, 0.25) is 0 Å². The summed E-state index contributed by atoms with van der Waals surface area (Å²) in [5.74, 6) is 0.355. The van der Waals surface area contributed by atoms with Gasteiger partial charge in [-0.05, 0) is 93.7 Å². The van der Waals surface area contributed by atoms with Crippen molar-refractivity contribution in [2.24, 2.45) is 11.1 Å². The van der Waals surface area contributed by atoms with Crippen molar-refractivity contribution in [3.8, 4) is 11.5 Å². The van der Waals surface area contributed by atoms with Crippen LogP contribution in [0.15, 0.2) is 42.5 Å². The van der Waals surface area contributed by atoms with Crippen molar-refractivity contribution in [1.29, 1.82) is 0 Å². The van der Waals surface area contributed by atoms with Gasteiger partial charge in [-0.15, -0.1) is 24.8 Å². The normalized spacial score (nSPS) is 17.5. The SMILES string of the molecule is CN1CCC2(CC1)CCN(C(=O)c1cc(Oc3ccc(CCN)cc3)ccc1F)C2.Cl.Cl. The first-order chi connectivity index (χ1) is 14.5. The van der Waals surface area contributed by atoms with E-state index in [1.165, 1.54) is 12.1 Å². The summed E-state index contributed by atoms with van der Waals surface area (Å²) >= 11 is 0. The van der Waals surface area contributed by atoms with Gasteiger partial charge >= 0.3 is 0 Å². The fourth-order valence-corrected chi connectivity index (χ4v) is 4.54. The number of halogens is 3. The lowest BCUT2D eigenvalue weighted by molar-refractivity contribution is 0.0732. The Labute approximate surface area is 201 Å². The van der Waals surface area contributed by atoms with Crippen molar-refractivity contribution in [1.82, 2.24) is 9.80 Å². The highest BCUT2D eigenvalue weighted by Gasteiger charge is 2.42. The number of carbonyl (C=O) groups excluding carboxylic acids is 1. The Hall–Kier alpha value is -1.86. The van der Waals surface area contributed by atoms with E-state index >= 15 is 0 Å². The predicted molar refractivity (Wildman–Crippen MR) is 130 cm³/mol. The third-order valence-corrected chi connectivity index (χ3v) is 6.53. The van der Waals surface area contributed by atoms with Crippen LogP contribution in [0.3, 0.4) is 0 Å². The zero-order chi connectivity index (χ0) is 21.1. The lowest BCUT2D eigenvalue weighted by Crippen LogP contribution is -2.40. The lowest BCUT2D eigenvalue weighted by Gasteiger charge is -2.37. The van der Waals surface area contributed by atoms with Gasteiger partial charge in [0.25, 0.3) is 5.91 Å². The second-order valence-corrected chi connectivity index (χ2v) is 8.71. The molecule has 2 aromatic carbocycles. The van der Waals surface area contributed by atoms with E-state index in [0.29, 0.717) is 31.1 Å². The lowest BCUT2D eigenvalue weighted by atomic mass is 9.78. The van der Waals surface area contributed by atoms with Gasteiger partial charge in [-0.3, -0.25) is 4.79 Å². The van der Waals surface area contributed by atoms with Crippen molar-refractivity contribution >= 4 is 30.7 Å². The second kappa shape index (κ2) is 11.3. The quantitative estimate of drug-likeness (QED) is 0.678. The van der Waals surface area contributed by atoms with Gasteiger partial charge in [0.05, 0.1) is 5.56 Å². The number of ether oxygens (including phenoxy) is 1. The maximum Gasteiger partial charge on any atom is 0.256 e. The van der Waals surface area contributed by atoms with E-state index in [4.69, 9.17) is 10.5 Å². The Morgan fingerprint density at radius 2 is 1.66 bits per heavy atom. The highest BCUT2D eigenvalue weighted by atomic mass is 35.5. The molecule has 2 aliphatic heterocycles. The van der Waals surface area contributed by atoms with Crippen LogP contribution in [0.4, 0.5) is 4.39 Å². The maximum atomic E-state index is 14.5. The summed E-state index contributed by atoms with van der Waals surface area (Å²) in [6.07, 6.45) is 4.00. The first-order valence-electron chi connectivity index (χ1n) is 10.7. The molecule has 32 heavy (non-hydrogen) atoms. The summed E-state index contributed by atoms with van der Waals surface area (Å²) in [6.45, 7) is 4.12. The average Bonchev–Trinajstić information content (AvgIpc) is 3.17. The van der Waals surface area contributed by atoms with Gasteiger partial charge in [-0.25, -0.2) is 4.39 Å². The number of piperidine rings is 1. The molecule has 0 radical (unpaired) electrons. The van der Waals surface area contributed by atoms with Crippen LogP contribution in [0.25, 0.3) is 0 Å². The predicted octanol–water partition coefficient (Wildman–Crippen LogP) is 4.52. The average molecular weight is 484 g/mol. The van der Waals surface area contributed by atoms with Crippen molar-refractivity contribution < 1.29 is 13.9 Å². The van der Waals surface area contributed by atoms with Crippen LogP contribution in [0.1, 0.15) is 35.2 Å². The van der Waals surface area contributed by atoms with Crippen LogP contribution in [-0.2, 0) is 6.42 Å². The number of carbonyl (C=O) groups is 1. The molecule has 1 spiro atoms. The zero-order valence-electron chi connectivity index (χ0n) is 18.4. The van der Waals surface area contributed by atoms with Gasteiger partial charge in [0.1, 0.15) is 17.3 Å². The van der Waals surface area contributed by atoms with Crippen molar-refractivity contribution in [3.05, 3.63) is 59.4 Å². The number of nitrogens with zero attached hydrogens (tertiary/aromatic N) is 2. The molecule has 0 saturated carbocycles. The molecular weight excluding hydrogens is 452 g/mol. The molecule has 2 saturated heterocycles. The molecule has 2 aliphatic rings. The number of hydrogen-bond acceptors (Lipinski definition) is 4. The molecule has 0 unspecified atom stereocenters. The molecule has 2 N–H and O–H groups in total. The zero-order valence-corrected chi connectivity index (χ0v) is 20.0. The molecule has 0 atom stereocenters. The largest absolute Gasteiger partial charge is 0.457 e. The second-order valence-electron chi connectivity index (χ2n) is 8.71. The van der Waals surface area contributed by atoms with Crippen molar-refractivity contribution in [2.75, 3.05) is 39.8 Å². The highest BCUT2D eigenvalue weighted by molar-refractivity contribution is 5.95. The molecule has 0 aromatic heterocycles. The van der Waals surface area contributed by atoms with Gasteiger partial charge in [0.2, 0.25) is 0 Å². The van der Waals surface area contributed by atoms with Gasteiger partial charge in [0, 0.05) is 13.1 Å². The molecule has 2 fully saturated rings. The minimum atomic E-state index is -0.505. The van der Waals surface area contributed by atoms with E-state index in [0.717, 1.165) is 44.3 Å². The summed E-state index contributed by atoms with van der Waals surface area (Å²) in [4.78, 5) is 17.2. The van der Waals surface area contributed by atoms with Crippen LogP contribution in [-0.4, -0.2) is 55.5 Å². The fourth-order valence-electron chi connectivity index (χ4n) is 4.54. The third kappa shape index (κ3) is 5.93. The standard InChI is InChI=1S/C24H30FN3O2.2ClH/c1-27-13-9-24(10-14-27)11-15-28(17-24)23(29)21-16-20(6-7-22(21)25)30-19-4-2-18(3-5-19)8-12-26;;/h2-7,16H,8-15,17,26H2,1H3;2*1H. The van der Waals surface area contributed by atoms with Gasteiger partial charge < -0.3 is 20.3 Å². The number of amides is 1. The van der Waals surface area contributed by atoms with Crippen molar-refractivity contribution in [2.45, 2.75) is 25.7 Å². The van der Waals surface area contributed by atoms with E-state index in [-0.39, 0.29) is 41.7 Å². The molecule has 1 amide bonds. The Kier molecular flexibility index (Phi) is 9.34. The van der Waals surface area contributed by atoms with E-state index in [2.05, 4.69) is 11.9 Å². The Morgan fingerprint density at radius 1 is 1.03 bits per heavy atom. The maximum absolute atomic E-state index is 14.5. The Balaban J connectivity index is 0.00000181. The molecular formula is C24H32Cl2FN3O2. The highest BCUT2D eigenvalue weighted by Crippen LogP contribution is 2.40. The summed E-state index contributed by atoms with van der Waals surface area (Å²) in [5.41, 5.74) is 6.99. The van der Waals surface area contributed by atoms with E-state index < -0.39 is 5.82 Å². The molecule has 2 heterocycles. The number of hydrogen-bond donors (Lipinski definition) is 1. The molecule has 0 aliphatic carbocycles. The van der Waals surface area contributed by atoms with Crippen LogP contribution in [0, 0.1) is 11.2 Å². The summed E-state index contributed by atoms with van der Waals surface area (Å²) in [7, 11) is 2.14. The molecule has 176 valence electrons. The number of rotatable bonds is 5. The molecule has 2 aromatic rings. The molecule has 4 rings (SSSR count). The summed E-state index contributed by atoms with van der Waals surface area (Å²) in [6, 6.07) is 12.0. The van der Waals surface area contributed by atoms with Crippen LogP contribution in [0.5, 0.6) is 11.5 Å². The minimum absolute atomic E-state index is 0. The first kappa shape index (κ1) is 26.4. The Bertz CT molecular complexity index is 903. The summed E-state index contributed by atoms with van der Waals surface area (Å²) < 4.78 is 20.4. The smallest absolute Gasteiger partial charge is 0.256 e. The van der Waals surface area contributed by atoms with Crippen LogP contribution < -0.4 is 10.5 Å². The molecule has 8 heteroatoms. The van der Waals surface area contributed by atoms with E-state index in [9.17, 15) is 9.18 Å². The monoisotopic (exact) mass is 483 g/mol. The van der Waals surface area contributed by atoms with Gasteiger partial charge in [0.15, 0.2) is 0 Å². The summed E-state index contributed by atoms with van der Waals surface area (Å²) in [5, 5.41) is 0. The number of benzene rings is 2. The van der Waals surface area contributed by atoms with E-state index in [1.54, 1.807) is 6.07 Å². The molecule has 5 nitrogen and oxygen atoms in total. The number of nitrogens with two attached hydrogens (primary N) is 1. The first-order valence-corrected chi connectivity index (χ1v) is 10.7. The fraction of sp³-hybridized carbons (Fsp3) is 0.458. The third-order valence-electron chi connectivity index (χ3n) is 6.53. The van der Waals surface area contributed by atoms with Crippen molar-refractivity contribution in [3.63, 3.8) is 0 Å².